The van der Waals surface area contributed by atoms with E-state index in [1.807, 2.05) is 0 Å². The second-order valence-corrected chi connectivity index (χ2v) is 6.96. The van der Waals surface area contributed by atoms with Gasteiger partial charge in [0.25, 0.3) is 0 Å². The van der Waals surface area contributed by atoms with Gasteiger partial charge in [-0.25, -0.2) is 0 Å². The third kappa shape index (κ3) is 6.24. The first-order chi connectivity index (χ1) is 8.99. The van der Waals surface area contributed by atoms with E-state index in [4.69, 9.17) is 5.11 Å². The Bertz CT molecular complexity index is 243. The summed E-state index contributed by atoms with van der Waals surface area (Å²) in [6.07, 6.45) is 4.78. The molecule has 2 atom stereocenters. The first kappa shape index (κ1) is 16.9. The minimum atomic E-state index is 0.346. The summed E-state index contributed by atoms with van der Waals surface area (Å²) in [7, 11) is 0. The van der Waals surface area contributed by atoms with Gasteiger partial charge in [-0.3, -0.25) is 0 Å². The van der Waals surface area contributed by atoms with Gasteiger partial charge in [0, 0.05) is 32.3 Å². The molecule has 0 aliphatic carbocycles. The lowest BCUT2D eigenvalue weighted by Crippen LogP contribution is -2.46. The molecule has 0 aromatic rings. The zero-order valence-electron chi connectivity index (χ0n) is 13.4. The fourth-order valence-corrected chi connectivity index (χ4v) is 3.00. The molecule has 0 spiro atoms. The Morgan fingerprint density at radius 2 is 2.16 bits per heavy atom. The Morgan fingerprint density at radius 1 is 1.42 bits per heavy atom. The smallest absolute Gasteiger partial charge is 0.0434 e. The molecule has 2 N–H and O–H groups in total. The first-order valence-electron chi connectivity index (χ1n) is 8.05. The molecular formula is C16H34N2O. The normalized spacial score (nSPS) is 24.6. The highest BCUT2D eigenvalue weighted by molar-refractivity contribution is 4.83. The lowest BCUT2D eigenvalue weighted by atomic mass is 9.85. The van der Waals surface area contributed by atoms with Crippen molar-refractivity contribution in [3.63, 3.8) is 0 Å². The van der Waals surface area contributed by atoms with Crippen LogP contribution in [0.1, 0.15) is 53.4 Å². The molecule has 0 aromatic carbocycles. The average molecular weight is 270 g/mol. The van der Waals surface area contributed by atoms with Crippen molar-refractivity contribution in [1.29, 1.82) is 0 Å². The van der Waals surface area contributed by atoms with Crippen molar-refractivity contribution in [2.45, 2.75) is 59.4 Å². The molecular weight excluding hydrogens is 236 g/mol. The fraction of sp³-hybridized carbons (Fsp3) is 1.00. The summed E-state index contributed by atoms with van der Waals surface area (Å²) < 4.78 is 0. The van der Waals surface area contributed by atoms with E-state index in [0.717, 1.165) is 13.0 Å². The second-order valence-electron chi connectivity index (χ2n) is 6.96. The highest BCUT2D eigenvalue weighted by Gasteiger charge is 2.28. The topological polar surface area (TPSA) is 35.5 Å². The number of likely N-dealkylation sites (tertiary alicyclic amines) is 1. The maximum absolute atomic E-state index is 9.10. The van der Waals surface area contributed by atoms with E-state index in [0.29, 0.717) is 24.0 Å². The summed E-state index contributed by atoms with van der Waals surface area (Å²) >= 11 is 0. The summed E-state index contributed by atoms with van der Waals surface area (Å²) in [5, 5.41) is 12.7. The van der Waals surface area contributed by atoms with Gasteiger partial charge in [-0.2, -0.15) is 0 Å². The number of nitrogens with one attached hydrogen (secondary N) is 1. The number of hydrogen-bond donors (Lipinski definition) is 2. The van der Waals surface area contributed by atoms with E-state index < -0.39 is 0 Å². The van der Waals surface area contributed by atoms with Crippen LogP contribution in [0.25, 0.3) is 0 Å². The summed E-state index contributed by atoms with van der Waals surface area (Å²) in [5.41, 5.74) is 0.366. The molecule has 0 amide bonds. The highest BCUT2D eigenvalue weighted by Crippen LogP contribution is 2.26. The van der Waals surface area contributed by atoms with Crippen LogP contribution in [0.3, 0.4) is 0 Å². The van der Waals surface area contributed by atoms with Crippen LogP contribution in [0, 0.1) is 11.3 Å². The van der Waals surface area contributed by atoms with Gasteiger partial charge < -0.3 is 15.3 Å². The average Bonchev–Trinajstić information content (AvgIpc) is 2.37. The first-order valence-corrected chi connectivity index (χ1v) is 8.05. The zero-order chi connectivity index (χ0) is 14.3. The SMILES string of the molecule is CCC(C)(CNC(C)C)CN1CCCC(CCO)C1. The molecule has 1 aliphatic rings. The van der Waals surface area contributed by atoms with Crippen LogP contribution in [-0.2, 0) is 0 Å². The standard InChI is InChI=1S/C16H34N2O/c1-5-16(4,12-17-14(2)3)13-18-9-6-7-15(11-18)8-10-19/h14-15,17,19H,5-13H2,1-4H3. The van der Waals surface area contributed by atoms with Crippen molar-refractivity contribution >= 4 is 0 Å². The van der Waals surface area contributed by atoms with E-state index in [2.05, 4.69) is 37.9 Å². The molecule has 114 valence electrons. The van der Waals surface area contributed by atoms with E-state index in [1.165, 1.54) is 38.9 Å². The summed E-state index contributed by atoms with van der Waals surface area (Å²) in [5.74, 6) is 0.706. The highest BCUT2D eigenvalue weighted by atomic mass is 16.3. The van der Waals surface area contributed by atoms with Crippen LogP contribution in [0.4, 0.5) is 0 Å². The number of aliphatic hydroxyl groups is 1. The van der Waals surface area contributed by atoms with E-state index in [-0.39, 0.29) is 0 Å². The molecule has 1 fully saturated rings. The van der Waals surface area contributed by atoms with Gasteiger partial charge in [-0.1, -0.05) is 27.7 Å². The van der Waals surface area contributed by atoms with Gasteiger partial charge in [0.2, 0.25) is 0 Å². The number of aliphatic hydroxyl groups excluding tert-OH is 1. The second kappa shape index (κ2) is 8.23. The maximum Gasteiger partial charge on any atom is 0.0434 e. The van der Waals surface area contributed by atoms with E-state index >= 15 is 0 Å². The number of nitrogens with zero attached hydrogens (tertiary/aromatic N) is 1. The molecule has 1 aliphatic heterocycles. The van der Waals surface area contributed by atoms with Crippen LogP contribution in [0.15, 0.2) is 0 Å². The van der Waals surface area contributed by atoms with E-state index in [9.17, 15) is 0 Å². The molecule has 0 saturated carbocycles. The third-order valence-corrected chi connectivity index (χ3v) is 4.54. The van der Waals surface area contributed by atoms with E-state index in [1.54, 1.807) is 0 Å². The molecule has 1 saturated heterocycles. The zero-order valence-corrected chi connectivity index (χ0v) is 13.4. The molecule has 3 nitrogen and oxygen atoms in total. The molecule has 3 heteroatoms. The molecule has 0 bridgehead atoms. The largest absolute Gasteiger partial charge is 0.396 e. The summed E-state index contributed by atoms with van der Waals surface area (Å²) in [6.45, 7) is 14.2. The number of rotatable bonds is 8. The quantitative estimate of drug-likeness (QED) is 0.711. The molecule has 0 aromatic heterocycles. The Hall–Kier alpha value is -0.120. The Kier molecular flexibility index (Phi) is 7.33. The van der Waals surface area contributed by atoms with Gasteiger partial charge in [0.1, 0.15) is 0 Å². The van der Waals surface area contributed by atoms with Crippen molar-refractivity contribution in [2.24, 2.45) is 11.3 Å². The van der Waals surface area contributed by atoms with Crippen LogP contribution in [0.5, 0.6) is 0 Å². The van der Waals surface area contributed by atoms with Crippen molar-refractivity contribution in [3.05, 3.63) is 0 Å². The Balaban J connectivity index is 2.45. The van der Waals surface area contributed by atoms with Crippen molar-refractivity contribution in [2.75, 3.05) is 32.8 Å². The lowest BCUT2D eigenvalue weighted by Gasteiger charge is -2.39. The Morgan fingerprint density at radius 3 is 2.74 bits per heavy atom. The molecule has 0 radical (unpaired) electrons. The molecule has 2 unspecified atom stereocenters. The molecule has 1 rings (SSSR count). The monoisotopic (exact) mass is 270 g/mol. The van der Waals surface area contributed by atoms with Crippen molar-refractivity contribution in [1.82, 2.24) is 10.2 Å². The van der Waals surface area contributed by atoms with Crippen molar-refractivity contribution in [3.8, 4) is 0 Å². The van der Waals surface area contributed by atoms with Gasteiger partial charge in [0.05, 0.1) is 0 Å². The maximum atomic E-state index is 9.10. The van der Waals surface area contributed by atoms with Crippen LogP contribution < -0.4 is 5.32 Å². The molecule has 1 heterocycles. The summed E-state index contributed by atoms with van der Waals surface area (Å²) in [4.78, 5) is 2.62. The predicted molar refractivity (Wildman–Crippen MR) is 82.4 cm³/mol. The molecule has 19 heavy (non-hydrogen) atoms. The fourth-order valence-electron chi connectivity index (χ4n) is 3.00. The van der Waals surface area contributed by atoms with Gasteiger partial charge in [-0.15, -0.1) is 0 Å². The van der Waals surface area contributed by atoms with Crippen molar-refractivity contribution < 1.29 is 5.11 Å². The van der Waals surface area contributed by atoms with Crippen LogP contribution in [0.2, 0.25) is 0 Å². The number of hydrogen-bond acceptors (Lipinski definition) is 3. The lowest BCUT2D eigenvalue weighted by molar-refractivity contribution is 0.0957. The van der Waals surface area contributed by atoms with Crippen LogP contribution >= 0.6 is 0 Å². The summed E-state index contributed by atoms with van der Waals surface area (Å²) in [6, 6.07) is 0.564. The van der Waals surface area contributed by atoms with Crippen LogP contribution in [-0.4, -0.2) is 48.8 Å². The Labute approximate surface area is 119 Å². The predicted octanol–water partition coefficient (Wildman–Crippen LogP) is 2.50. The van der Waals surface area contributed by atoms with Gasteiger partial charge >= 0.3 is 0 Å². The minimum absolute atomic E-state index is 0.346. The van der Waals surface area contributed by atoms with Gasteiger partial charge in [0.15, 0.2) is 0 Å². The number of piperidine rings is 1. The third-order valence-electron chi connectivity index (χ3n) is 4.54. The minimum Gasteiger partial charge on any atom is -0.396 e. The van der Waals surface area contributed by atoms with Gasteiger partial charge in [-0.05, 0) is 43.6 Å².